The Bertz CT molecular complexity index is 2930. The fourth-order valence-electron chi connectivity index (χ4n) is 8.09. The highest BCUT2D eigenvalue weighted by molar-refractivity contribution is 8.00. The second-order valence-electron chi connectivity index (χ2n) is 15.4. The molecule has 2 N–H and O–H groups in total. The third kappa shape index (κ3) is 9.14. The van der Waals surface area contributed by atoms with E-state index < -0.39 is 47.4 Å². The van der Waals surface area contributed by atoms with Gasteiger partial charge in [0.1, 0.15) is 34.4 Å². The first-order chi connectivity index (χ1) is 33.3. The third-order valence-corrected chi connectivity index (χ3v) is 13.6. The van der Waals surface area contributed by atoms with Crippen LogP contribution in [0.4, 0.5) is 5.13 Å². The van der Waals surface area contributed by atoms with Crippen molar-refractivity contribution in [2.75, 3.05) is 17.7 Å². The van der Waals surface area contributed by atoms with Crippen LogP contribution in [0.3, 0.4) is 0 Å². The predicted octanol–water partition coefficient (Wildman–Crippen LogP) is 7.27. The third-order valence-electron chi connectivity index (χ3n) is 11.2. The summed E-state index contributed by atoms with van der Waals surface area (Å²) in [7, 11) is 1.66. The van der Waals surface area contributed by atoms with Crippen LogP contribution in [0, 0.1) is 11.3 Å². The number of thioether (sulfide) groups is 1. The summed E-state index contributed by atoms with van der Waals surface area (Å²) in [6.07, 6.45) is 0.824. The number of rotatable bonds is 16. The molecule has 0 radical (unpaired) electrons. The van der Waals surface area contributed by atoms with Gasteiger partial charge in [-0.1, -0.05) is 157 Å². The Morgan fingerprint density at radius 3 is 1.99 bits per heavy atom. The van der Waals surface area contributed by atoms with Gasteiger partial charge < -0.3 is 20.2 Å². The van der Waals surface area contributed by atoms with Crippen LogP contribution in [0.2, 0.25) is 0 Å². The molecule has 2 aliphatic heterocycles. The summed E-state index contributed by atoms with van der Waals surface area (Å²) in [5, 5.41) is 32.9. The van der Waals surface area contributed by atoms with Gasteiger partial charge in [0, 0.05) is 18.2 Å². The van der Waals surface area contributed by atoms with E-state index in [-0.39, 0.29) is 22.9 Å². The molecule has 2 aromatic heterocycles. The highest BCUT2D eigenvalue weighted by atomic mass is 32.2. The van der Waals surface area contributed by atoms with Crippen molar-refractivity contribution in [3.05, 3.63) is 214 Å². The van der Waals surface area contributed by atoms with Crippen molar-refractivity contribution in [1.29, 1.82) is 5.26 Å². The Labute approximate surface area is 404 Å². The smallest absolute Gasteiger partial charge is 0.356 e. The number of nitrogens with one attached hydrogen (secondary N) is 2. The average molecular weight is 957 g/mol. The van der Waals surface area contributed by atoms with Gasteiger partial charge in [-0.25, -0.2) is 14.5 Å². The fourth-order valence-corrected chi connectivity index (χ4v) is 10.5. The normalized spacial score (nSPS) is 16.1. The minimum atomic E-state index is -1.10. The number of carbonyl (C=O) groups excluding carboxylic acids is 3. The maximum atomic E-state index is 14.6. The number of anilines is 1. The van der Waals surface area contributed by atoms with Crippen LogP contribution < -0.4 is 10.6 Å². The molecular formula is C50H40N10O5S3. The summed E-state index contributed by atoms with van der Waals surface area (Å²) >= 11 is 7.25. The molecule has 9 rings (SSSR count). The second-order valence-corrected chi connectivity index (χ2v) is 17.8. The van der Waals surface area contributed by atoms with E-state index in [4.69, 9.17) is 14.6 Å². The zero-order valence-corrected chi connectivity index (χ0v) is 38.6. The second kappa shape index (κ2) is 20.3. The van der Waals surface area contributed by atoms with Gasteiger partial charge in [-0.05, 0) is 49.9 Å². The number of esters is 1. The number of nitriles is 1. The van der Waals surface area contributed by atoms with Gasteiger partial charge in [0.25, 0.3) is 11.8 Å². The largest absolute Gasteiger partial charge is 0.448 e. The molecule has 0 bridgehead atoms. The van der Waals surface area contributed by atoms with E-state index in [0.717, 1.165) is 27.8 Å². The number of allylic oxidation sites excluding steroid dienone is 1. The van der Waals surface area contributed by atoms with Gasteiger partial charge in [0.15, 0.2) is 22.8 Å². The number of thiazole rings is 1. The number of carbonyl (C=O) groups is 3. The summed E-state index contributed by atoms with van der Waals surface area (Å²) in [5.41, 5.74) is 3.67. The molecule has 2 unspecified atom stereocenters. The van der Waals surface area contributed by atoms with Gasteiger partial charge in [0.05, 0.1) is 4.91 Å². The van der Waals surface area contributed by atoms with Crippen molar-refractivity contribution in [2.24, 2.45) is 12.2 Å². The SMILES string of the molecule is Cn1nnnc1C(S)=CC1=C(C(=O)OC(c2ccccc2)c2ccccc2)N2C(=O)C(NC(=O)C(=NOCC#N)c3csc(NC(c4ccccc4)(c4ccccc4)c4ccccc4)n3)C2SC1. The number of thiol groups is 1. The molecule has 2 aliphatic rings. The summed E-state index contributed by atoms with van der Waals surface area (Å²) in [6, 6.07) is 49.3. The first-order valence-electron chi connectivity index (χ1n) is 21.2. The number of fused-ring (bicyclic) bond motifs is 1. The molecule has 5 aromatic carbocycles. The van der Waals surface area contributed by atoms with Crippen LogP contribution in [-0.4, -0.2) is 77.4 Å². The minimum Gasteiger partial charge on any atom is -0.448 e. The molecule has 1 saturated heterocycles. The maximum absolute atomic E-state index is 14.6. The van der Waals surface area contributed by atoms with Gasteiger partial charge in [-0.15, -0.1) is 40.8 Å². The number of hydrogen-bond donors (Lipinski definition) is 3. The Morgan fingerprint density at radius 2 is 1.46 bits per heavy atom. The molecule has 15 nitrogen and oxygen atoms in total. The lowest BCUT2D eigenvalue weighted by Crippen LogP contribution is -2.71. The Kier molecular flexibility index (Phi) is 13.6. The monoisotopic (exact) mass is 956 g/mol. The first kappa shape index (κ1) is 45.3. The molecule has 1 fully saturated rings. The lowest BCUT2D eigenvalue weighted by Gasteiger charge is -2.49. The topological polar surface area (TPSA) is 190 Å². The molecule has 2 atom stereocenters. The minimum absolute atomic E-state index is 0.0111. The number of amides is 2. The molecule has 7 aromatic rings. The van der Waals surface area contributed by atoms with Crippen LogP contribution in [0.15, 0.2) is 180 Å². The summed E-state index contributed by atoms with van der Waals surface area (Å²) < 4.78 is 7.75. The maximum Gasteiger partial charge on any atom is 0.356 e. The van der Waals surface area contributed by atoms with E-state index in [9.17, 15) is 19.6 Å². The van der Waals surface area contributed by atoms with Gasteiger partial charge in [-0.3, -0.25) is 14.5 Å². The fraction of sp³-hybridized carbons (Fsp3) is 0.140. The highest BCUT2D eigenvalue weighted by Gasteiger charge is 2.55. The van der Waals surface area contributed by atoms with E-state index in [0.29, 0.717) is 21.4 Å². The van der Waals surface area contributed by atoms with Crippen LogP contribution in [0.1, 0.15) is 45.4 Å². The summed E-state index contributed by atoms with van der Waals surface area (Å²) in [4.78, 5) is 55.2. The number of tetrazole rings is 1. The number of aromatic nitrogens is 5. The summed E-state index contributed by atoms with van der Waals surface area (Å²) in [5.74, 6) is -1.55. The Morgan fingerprint density at radius 1 is 0.897 bits per heavy atom. The van der Waals surface area contributed by atoms with E-state index in [1.54, 1.807) is 18.5 Å². The lowest BCUT2D eigenvalue weighted by atomic mass is 9.77. The number of hydrogen-bond acceptors (Lipinski definition) is 15. The number of nitrogens with zero attached hydrogens (tertiary/aromatic N) is 8. The van der Waals surface area contributed by atoms with Crippen molar-refractivity contribution >= 4 is 69.3 Å². The Hall–Kier alpha value is -7.85. The number of ether oxygens (including phenoxy) is 1. The zero-order valence-electron chi connectivity index (χ0n) is 36.1. The molecule has 2 amide bonds. The van der Waals surface area contributed by atoms with E-state index in [1.165, 1.54) is 32.7 Å². The number of benzene rings is 5. The zero-order chi connectivity index (χ0) is 47.0. The van der Waals surface area contributed by atoms with Crippen molar-refractivity contribution < 1.29 is 24.0 Å². The molecule has 338 valence electrons. The molecule has 0 saturated carbocycles. The number of oxime groups is 1. The van der Waals surface area contributed by atoms with Gasteiger partial charge >= 0.3 is 5.97 Å². The average Bonchev–Trinajstić information content (AvgIpc) is 4.05. The molecule has 68 heavy (non-hydrogen) atoms. The molecule has 4 heterocycles. The highest BCUT2D eigenvalue weighted by Crippen LogP contribution is 2.44. The molecular weight excluding hydrogens is 917 g/mol. The van der Waals surface area contributed by atoms with Crippen LogP contribution >= 0.6 is 35.7 Å². The van der Waals surface area contributed by atoms with Crippen LogP contribution in [-0.2, 0) is 36.5 Å². The van der Waals surface area contributed by atoms with Gasteiger partial charge in [0.2, 0.25) is 6.61 Å². The number of aryl methyl sites for hydroxylation is 1. The van der Waals surface area contributed by atoms with Crippen molar-refractivity contribution in [1.82, 2.24) is 35.4 Å². The van der Waals surface area contributed by atoms with E-state index in [1.807, 2.05) is 158 Å². The van der Waals surface area contributed by atoms with Gasteiger partial charge in [-0.2, -0.15) is 5.26 Å². The van der Waals surface area contributed by atoms with E-state index in [2.05, 4.69) is 43.9 Å². The Balaban J connectivity index is 1.02. The van der Waals surface area contributed by atoms with Crippen molar-refractivity contribution in [2.45, 2.75) is 23.1 Å². The molecule has 0 aliphatic carbocycles. The molecule has 0 spiro atoms. The standard InChI is InChI=1S/C50H40N10O5S3/c1-59-44(55-57-58-59)39(66)29-34-30-67-47-41(46(62)60(47)42(34)48(63)65-43(32-17-7-2-8-18-32)33-19-9-3-10-20-33)53-45(61)40(56-64-28-27-51)38-31-68-49(52-38)54-50(35-21-11-4-12-22-35,36-23-13-5-14-24-36)37-25-15-6-16-26-37/h2-26,29,31,41,43,47,66H,28,30H2,1H3,(H,52,54)(H,53,61). The summed E-state index contributed by atoms with van der Waals surface area (Å²) in [6.45, 7) is -0.448. The van der Waals surface area contributed by atoms with E-state index >= 15 is 0 Å². The first-order valence-corrected chi connectivity index (χ1v) is 23.5. The van der Waals surface area contributed by atoms with Crippen molar-refractivity contribution in [3.8, 4) is 6.07 Å². The number of β-lactam (4-membered cyclic amide) rings is 1. The molecule has 18 heteroatoms. The van der Waals surface area contributed by atoms with Crippen LogP contribution in [0.25, 0.3) is 4.91 Å². The quantitative estimate of drug-likeness (QED) is 0.0167. The predicted molar refractivity (Wildman–Crippen MR) is 262 cm³/mol. The van der Waals surface area contributed by atoms with Crippen molar-refractivity contribution in [3.63, 3.8) is 0 Å². The van der Waals surface area contributed by atoms with Crippen LogP contribution in [0.5, 0.6) is 0 Å². The lowest BCUT2D eigenvalue weighted by molar-refractivity contribution is -0.154.